The number of aromatic nitrogens is 1. The summed E-state index contributed by atoms with van der Waals surface area (Å²) in [5.41, 5.74) is 0.866. The number of hydrogen-bond donors (Lipinski definition) is 0. The topological polar surface area (TPSA) is 31.4 Å². The van der Waals surface area contributed by atoms with Gasteiger partial charge in [0.25, 0.3) is 0 Å². The van der Waals surface area contributed by atoms with Gasteiger partial charge in [-0.2, -0.15) is 0 Å². The molecule has 0 unspecified atom stereocenters. The zero-order valence-corrected chi connectivity index (χ0v) is 10.1. The number of halogens is 1. The Morgan fingerprint density at radius 2 is 1.82 bits per heavy atom. The standard InChI is InChI=1S/C13H12ClNO2/c1-16-11-4-6-12(7-5-11)17-13-10(9-14)3-2-8-15-13/h2-8H,9H2,1H3. The lowest BCUT2D eigenvalue weighted by Gasteiger charge is -2.08. The second-order valence-electron chi connectivity index (χ2n) is 3.38. The van der Waals surface area contributed by atoms with E-state index in [-0.39, 0.29) is 0 Å². The Kier molecular flexibility index (Phi) is 3.83. The SMILES string of the molecule is COc1ccc(Oc2ncccc2CCl)cc1. The van der Waals surface area contributed by atoms with Crippen LogP contribution >= 0.6 is 11.6 Å². The maximum absolute atomic E-state index is 5.81. The molecule has 88 valence electrons. The molecule has 0 atom stereocenters. The van der Waals surface area contributed by atoms with Gasteiger partial charge in [0.15, 0.2) is 0 Å². The molecule has 0 spiro atoms. The number of rotatable bonds is 4. The zero-order valence-electron chi connectivity index (χ0n) is 9.39. The molecular weight excluding hydrogens is 238 g/mol. The average Bonchev–Trinajstić information content (AvgIpc) is 2.40. The number of benzene rings is 1. The van der Waals surface area contributed by atoms with Gasteiger partial charge in [0.1, 0.15) is 11.5 Å². The second kappa shape index (κ2) is 5.55. The van der Waals surface area contributed by atoms with Crippen molar-refractivity contribution in [1.82, 2.24) is 4.98 Å². The number of ether oxygens (including phenoxy) is 2. The summed E-state index contributed by atoms with van der Waals surface area (Å²) in [6.45, 7) is 0. The van der Waals surface area contributed by atoms with Crippen LogP contribution in [-0.2, 0) is 5.88 Å². The first-order valence-corrected chi connectivity index (χ1v) is 5.68. The van der Waals surface area contributed by atoms with Gasteiger partial charge in [-0.3, -0.25) is 0 Å². The van der Waals surface area contributed by atoms with Crippen molar-refractivity contribution in [2.24, 2.45) is 0 Å². The molecule has 17 heavy (non-hydrogen) atoms. The fraction of sp³-hybridized carbons (Fsp3) is 0.154. The highest BCUT2D eigenvalue weighted by Gasteiger charge is 2.04. The molecule has 1 aromatic carbocycles. The highest BCUT2D eigenvalue weighted by Crippen LogP contribution is 2.25. The van der Waals surface area contributed by atoms with Crippen molar-refractivity contribution in [3.63, 3.8) is 0 Å². The third-order valence-corrected chi connectivity index (χ3v) is 2.56. The van der Waals surface area contributed by atoms with E-state index in [4.69, 9.17) is 21.1 Å². The molecule has 1 heterocycles. The Balaban J connectivity index is 2.19. The highest BCUT2D eigenvalue weighted by molar-refractivity contribution is 6.17. The maximum atomic E-state index is 5.81. The van der Waals surface area contributed by atoms with Crippen LogP contribution in [0.15, 0.2) is 42.6 Å². The van der Waals surface area contributed by atoms with Crippen LogP contribution in [0.4, 0.5) is 0 Å². The molecule has 0 N–H and O–H groups in total. The predicted octanol–water partition coefficient (Wildman–Crippen LogP) is 3.62. The van der Waals surface area contributed by atoms with E-state index in [0.29, 0.717) is 17.5 Å². The van der Waals surface area contributed by atoms with Crippen molar-refractivity contribution in [2.45, 2.75) is 5.88 Å². The van der Waals surface area contributed by atoms with Gasteiger partial charge in [0, 0.05) is 11.8 Å². The molecule has 1 aromatic heterocycles. The van der Waals surface area contributed by atoms with Crippen molar-refractivity contribution in [2.75, 3.05) is 7.11 Å². The summed E-state index contributed by atoms with van der Waals surface area (Å²) in [5, 5.41) is 0. The van der Waals surface area contributed by atoms with E-state index >= 15 is 0 Å². The molecule has 0 aliphatic heterocycles. The van der Waals surface area contributed by atoms with Crippen LogP contribution < -0.4 is 9.47 Å². The van der Waals surface area contributed by atoms with Crippen LogP contribution in [0.3, 0.4) is 0 Å². The molecule has 0 radical (unpaired) electrons. The Bertz CT molecular complexity index is 485. The molecular formula is C13H12ClNO2. The van der Waals surface area contributed by atoms with E-state index in [1.165, 1.54) is 0 Å². The van der Waals surface area contributed by atoms with Crippen LogP contribution in [-0.4, -0.2) is 12.1 Å². The second-order valence-corrected chi connectivity index (χ2v) is 3.65. The first-order chi connectivity index (χ1) is 8.33. The predicted molar refractivity (Wildman–Crippen MR) is 66.9 cm³/mol. The van der Waals surface area contributed by atoms with Crippen molar-refractivity contribution in [3.05, 3.63) is 48.2 Å². The van der Waals surface area contributed by atoms with Crippen LogP contribution in [0.25, 0.3) is 0 Å². The minimum absolute atomic E-state index is 0.374. The first-order valence-electron chi connectivity index (χ1n) is 5.15. The number of hydrogen-bond acceptors (Lipinski definition) is 3. The van der Waals surface area contributed by atoms with Gasteiger partial charge in [-0.1, -0.05) is 6.07 Å². The number of alkyl halides is 1. The normalized spacial score (nSPS) is 10.0. The van der Waals surface area contributed by atoms with Gasteiger partial charge in [-0.15, -0.1) is 11.6 Å². The minimum atomic E-state index is 0.374. The van der Waals surface area contributed by atoms with Crippen molar-refractivity contribution in [3.8, 4) is 17.4 Å². The maximum Gasteiger partial charge on any atom is 0.223 e. The fourth-order valence-corrected chi connectivity index (χ4v) is 1.58. The van der Waals surface area contributed by atoms with Crippen molar-refractivity contribution in [1.29, 1.82) is 0 Å². The molecule has 0 saturated carbocycles. The number of pyridine rings is 1. The van der Waals surface area contributed by atoms with Crippen LogP contribution in [0.2, 0.25) is 0 Å². The molecule has 3 nitrogen and oxygen atoms in total. The van der Waals surface area contributed by atoms with E-state index in [9.17, 15) is 0 Å². The minimum Gasteiger partial charge on any atom is -0.497 e. The molecule has 4 heteroatoms. The Hall–Kier alpha value is -1.74. The summed E-state index contributed by atoms with van der Waals surface area (Å²) in [6.07, 6.45) is 1.68. The Morgan fingerprint density at radius 3 is 2.47 bits per heavy atom. The first kappa shape index (κ1) is 11.7. The summed E-state index contributed by atoms with van der Waals surface area (Å²) in [7, 11) is 1.63. The van der Waals surface area contributed by atoms with Crippen molar-refractivity contribution >= 4 is 11.6 Å². The zero-order chi connectivity index (χ0) is 12.1. The van der Waals surface area contributed by atoms with Crippen molar-refractivity contribution < 1.29 is 9.47 Å². The van der Waals surface area contributed by atoms with Gasteiger partial charge in [0.2, 0.25) is 5.88 Å². The van der Waals surface area contributed by atoms with Gasteiger partial charge < -0.3 is 9.47 Å². The van der Waals surface area contributed by atoms with Gasteiger partial charge in [-0.05, 0) is 30.3 Å². The highest BCUT2D eigenvalue weighted by atomic mass is 35.5. The van der Waals surface area contributed by atoms with E-state index in [0.717, 1.165) is 11.3 Å². The van der Waals surface area contributed by atoms with Gasteiger partial charge >= 0.3 is 0 Å². The fourth-order valence-electron chi connectivity index (χ4n) is 1.37. The third-order valence-electron chi connectivity index (χ3n) is 2.27. The van der Waals surface area contributed by atoms with Crippen LogP contribution in [0.1, 0.15) is 5.56 Å². The largest absolute Gasteiger partial charge is 0.497 e. The van der Waals surface area contributed by atoms with Gasteiger partial charge in [0.05, 0.1) is 13.0 Å². The molecule has 0 bridgehead atoms. The lowest BCUT2D eigenvalue weighted by Crippen LogP contribution is -1.92. The van der Waals surface area contributed by atoms with E-state index in [1.54, 1.807) is 13.3 Å². The molecule has 2 rings (SSSR count). The molecule has 0 aliphatic carbocycles. The quantitative estimate of drug-likeness (QED) is 0.776. The Morgan fingerprint density at radius 1 is 1.12 bits per heavy atom. The lowest BCUT2D eigenvalue weighted by molar-refractivity contribution is 0.412. The van der Waals surface area contributed by atoms with E-state index in [2.05, 4.69) is 4.98 Å². The molecule has 2 aromatic rings. The monoisotopic (exact) mass is 249 g/mol. The molecule has 0 fully saturated rings. The van der Waals surface area contributed by atoms with Crippen LogP contribution in [0.5, 0.6) is 17.4 Å². The molecule has 0 saturated heterocycles. The Labute approximate surface area is 105 Å². The average molecular weight is 250 g/mol. The summed E-state index contributed by atoms with van der Waals surface area (Å²) in [5.74, 6) is 2.40. The summed E-state index contributed by atoms with van der Waals surface area (Å²) < 4.78 is 10.7. The number of methoxy groups -OCH3 is 1. The summed E-state index contributed by atoms with van der Waals surface area (Å²) in [6, 6.07) is 11.0. The molecule has 0 amide bonds. The molecule has 0 aliphatic rings. The third kappa shape index (κ3) is 2.88. The lowest BCUT2D eigenvalue weighted by atomic mass is 10.3. The summed E-state index contributed by atoms with van der Waals surface area (Å²) >= 11 is 5.81. The van der Waals surface area contributed by atoms with E-state index < -0.39 is 0 Å². The number of nitrogens with zero attached hydrogens (tertiary/aromatic N) is 1. The smallest absolute Gasteiger partial charge is 0.223 e. The van der Waals surface area contributed by atoms with E-state index in [1.807, 2.05) is 36.4 Å². The van der Waals surface area contributed by atoms with Crippen LogP contribution in [0, 0.1) is 0 Å². The van der Waals surface area contributed by atoms with Gasteiger partial charge in [-0.25, -0.2) is 4.98 Å². The summed E-state index contributed by atoms with van der Waals surface area (Å²) in [4.78, 5) is 4.15.